The number of benzene rings is 1. The van der Waals surface area contributed by atoms with Gasteiger partial charge in [0.1, 0.15) is 16.8 Å². The Morgan fingerprint density at radius 3 is 2.46 bits per heavy atom. The number of piperazine rings is 1. The Kier molecular flexibility index (Phi) is 17.3. The summed E-state index contributed by atoms with van der Waals surface area (Å²) in [7, 11) is 1.76. The molecular formula is C67H99N11O8S. The van der Waals surface area contributed by atoms with Gasteiger partial charge in [0.25, 0.3) is 5.91 Å². The molecule has 2 unspecified atom stereocenters. The normalized spacial score (nSPS) is 31.4. The van der Waals surface area contributed by atoms with Crippen LogP contribution in [0, 0.1) is 22.7 Å². The number of likely N-dealkylation sites (tertiary alicyclic amines) is 2. The number of carbonyl (C=O) groups excluding carboxylic acids is 4. The summed E-state index contributed by atoms with van der Waals surface area (Å²) >= 11 is -1.25. The van der Waals surface area contributed by atoms with Gasteiger partial charge in [-0.1, -0.05) is 33.1 Å². The second-order valence-corrected chi connectivity index (χ2v) is 31.8. The average Bonchev–Trinajstić information content (AvgIpc) is 1.57. The minimum absolute atomic E-state index is 0.0645. The highest BCUT2D eigenvalue weighted by atomic mass is 32.2. The zero-order chi connectivity index (χ0) is 60.7. The lowest BCUT2D eigenvalue weighted by atomic mass is 9.84. The minimum atomic E-state index is -1.25. The molecule has 476 valence electrons. The van der Waals surface area contributed by atoms with E-state index >= 15 is 9.59 Å². The van der Waals surface area contributed by atoms with Crippen molar-refractivity contribution in [3.05, 3.63) is 41.7 Å². The molecule has 10 heterocycles. The van der Waals surface area contributed by atoms with Gasteiger partial charge in [0, 0.05) is 129 Å². The molecule has 9 fully saturated rings. The van der Waals surface area contributed by atoms with E-state index in [-0.39, 0.29) is 60.3 Å². The molecule has 11 atom stereocenters. The largest absolute Gasteiger partial charge is 0.597 e. The minimum Gasteiger partial charge on any atom is -0.597 e. The predicted molar refractivity (Wildman–Crippen MR) is 338 cm³/mol. The number of fused-ring (bicyclic) bond motifs is 7. The van der Waals surface area contributed by atoms with E-state index in [4.69, 9.17) is 19.2 Å². The average molecular weight is 1220 g/mol. The predicted octanol–water partition coefficient (Wildman–Crippen LogP) is 7.21. The molecule has 2 aromatic heterocycles. The number of nitrogens with one attached hydrogen (secondary N) is 2. The number of pyridine rings is 1. The standard InChI is InChI=1S/C67H99N11O8S/c1-9-76-55-22-21-46-33-50(55)52(59(76)51-34-48(37-68-56(51)43(2)84-8)72-30-29-71-25-13-12-17-47(71)38-72)36-66(6,7)42-86-64(82)53-18-14-26-77(70-53)62(80)54(35-49-39-73(46)31-32-85-49)69-61(79)58(44-15-10-11-16-44)74-27-23-67(40-74)24-28-75(41-67)63(81)60-57(45-19-20-45)78(60)87(83)65(3,4)5/h21-22,33-34,37,43-45,47,49,53-54,57-58,60,70H,9-20,23-32,35-36,38-42H2,1-8H3,(H,69,79)/t43-,47+,49-,53-,54-,57+,58-,60+,67-,78?,87?/m0/s1. The molecule has 2 saturated carbocycles. The first-order chi connectivity index (χ1) is 41.8. The van der Waals surface area contributed by atoms with Crippen molar-refractivity contribution < 1.29 is 37.9 Å². The number of carbonyl (C=O) groups is 4. The zero-order valence-corrected chi connectivity index (χ0v) is 54.2. The number of aryl methyl sites for hydroxylation is 1. The van der Waals surface area contributed by atoms with E-state index in [0.29, 0.717) is 77.1 Å². The molecule has 6 bridgehead atoms. The number of nitrogens with zero attached hydrogens (tertiary/aromatic N) is 9. The SMILES string of the molecule is CCn1c(-c2cc(N3CCN4CCCC[C@@H]4C3)cnc2[C@H](C)OC)c2c3cc(ccc31)N1CCO[C@@H](C[C@H](NC(=O)[C@H](C3CCCC3)N3CC[C@]4(CCN(C(=O)[C@H]5[C@@H](C6CC6)N5[S+]([O-])C(C)(C)C)C4)C3)C(=O)N3CCC[C@H](N3)C(=O)OCC(C)(C)C2)C1. The maximum Gasteiger partial charge on any atom is 0.324 e. The Balaban J connectivity index is 0.792. The van der Waals surface area contributed by atoms with Gasteiger partial charge >= 0.3 is 5.97 Å². The summed E-state index contributed by atoms with van der Waals surface area (Å²) in [6.07, 6.45) is 15.1. The second kappa shape index (κ2) is 24.6. The summed E-state index contributed by atoms with van der Waals surface area (Å²) in [6, 6.07) is 7.37. The van der Waals surface area contributed by atoms with Crippen molar-refractivity contribution in [1.29, 1.82) is 0 Å². The van der Waals surface area contributed by atoms with Crippen molar-refractivity contribution in [1.82, 2.24) is 44.3 Å². The van der Waals surface area contributed by atoms with E-state index in [2.05, 4.69) is 93.1 Å². The Labute approximate surface area is 519 Å². The number of cyclic esters (lactones) is 1. The number of anilines is 2. The van der Waals surface area contributed by atoms with Crippen LogP contribution in [0.4, 0.5) is 11.4 Å². The molecule has 7 saturated heterocycles. The molecule has 1 aromatic carbocycles. The van der Waals surface area contributed by atoms with E-state index in [0.717, 1.165) is 123 Å². The molecule has 2 N–H and O–H groups in total. The number of methoxy groups -OCH3 is 1. The number of esters is 1. The summed E-state index contributed by atoms with van der Waals surface area (Å²) in [5.41, 5.74) is 10.2. The van der Waals surface area contributed by atoms with Crippen LogP contribution >= 0.6 is 0 Å². The first-order valence-corrected chi connectivity index (χ1v) is 34.7. The first kappa shape index (κ1) is 61.3. The first-order valence-electron chi connectivity index (χ1n) is 33.6. The highest BCUT2D eigenvalue weighted by Gasteiger charge is 2.68. The van der Waals surface area contributed by atoms with Crippen molar-refractivity contribution in [3.63, 3.8) is 0 Å². The van der Waals surface area contributed by atoms with Crippen molar-refractivity contribution in [2.45, 2.75) is 205 Å². The molecular weight excluding hydrogens is 1120 g/mol. The third-order valence-corrected chi connectivity index (χ3v) is 23.7. The van der Waals surface area contributed by atoms with Gasteiger partial charge in [-0.15, -0.1) is 4.31 Å². The summed E-state index contributed by atoms with van der Waals surface area (Å²) in [5, 5.41) is 6.11. The number of hydrazine groups is 1. The lowest BCUT2D eigenvalue weighted by Crippen LogP contribution is -2.62. The van der Waals surface area contributed by atoms with Gasteiger partial charge in [0.2, 0.25) is 11.8 Å². The Morgan fingerprint density at radius 2 is 1.69 bits per heavy atom. The van der Waals surface area contributed by atoms with Crippen LogP contribution in [0.15, 0.2) is 30.5 Å². The Bertz CT molecular complexity index is 3050. The molecule has 13 rings (SSSR count). The topological polar surface area (TPSA) is 183 Å². The van der Waals surface area contributed by atoms with E-state index in [1.807, 2.05) is 30.0 Å². The number of ether oxygens (including phenoxy) is 3. The Hall–Kier alpha value is -4.54. The molecule has 87 heavy (non-hydrogen) atoms. The van der Waals surface area contributed by atoms with E-state index in [1.54, 1.807) is 12.1 Å². The van der Waals surface area contributed by atoms with Crippen LogP contribution in [0.3, 0.4) is 0 Å². The van der Waals surface area contributed by atoms with Crippen LogP contribution in [0.5, 0.6) is 0 Å². The van der Waals surface area contributed by atoms with Gasteiger partial charge in [-0.3, -0.25) is 39.0 Å². The van der Waals surface area contributed by atoms with E-state index in [1.165, 1.54) is 31.4 Å². The summed E-state index contributed by atoms with van der Waals surface area (Å²) in [5.74, 6) is -0.118. The van der Waals surface area contributed by atoms with Gasteiger partial charge < -0.3 is 43.3 Å². The van der Waals surface area contributed by atoms with Crippen molar-refractivity contribution in [2.75, 3.05) is 102 Å². The van der Waals surface area contributed by atoms with Gasteiger partial charge in [0.15, 0.2) is 6.04 Å². The van der Waals surface area contributed by atoms with E-state index < -0.39 is 51.7 Å². The quantitative estimate of drug-likeness (QED) is 0.105. The molecule has 10 aliphatic rings. The third kappa shape index (κ3) is 12.3. The molecule has 8 aliphatic heterocycles. The zero-order valence-electron chi connectivity index (χ0n) is 53.4. The fourth-order valence-electron chi connectivity index (χ4n) is 16.8. The van der Waals surface area contributed by atoms with Gasteiger partial charge in [-0.2, -0.15) is 0 Å². The number of aromatic nitrogens is 2. The van der Waals surface area contributed by atoms with Crippen molar-refractivity contribution in [3.8, 4) is 11.3 Å². The number of amides is 3. The Morgan fingerprint density at radius 1 is 0.908 bits per heavy atom. The van der Waals surface area contributed by atoms with Gasteiger partial charge in [-0.25, -0.2) is 5.43 Å². The molecule has 19 nitrogen and oxygen atoms in total. The maximum absolute atomic E-state index is 15.5. The molecule has 1 spiro atoms. The van der Waals surface area contributed by atoms with Crippen LogP contribution in [0.1, 0.15) is 156 Å². The third-order valence-electron chi connectivity index (χ3n) is 21.8. The molecule has 3 amide bonds. The fraction of sp³-hybridized carbons (Fsp3) is 0.746. The van der Waals surface area contributed by atoms with Crippen molar-refractivity contribution >= 4 is 57.3 Å². The molecule has 2 aliphatic carbocycles. The number of morpholine rings is 1. The number of hydrogen-bond donors (Lipinski definition) is 2. The maximum atomic E-state index is 15.5. The number of rotatable bonds is 12. The van der Waals surface area contributed by atoms with Crippen LogP contribution in [-0.4, -0.2) is 201 Å². The van der Waals surface area contributed by atoms with Crippen LogP contribution < -0.4 is 20.5 Å². The van der Waals surface area contributed by atoms with Crippen LogP contribution in [0.2, 0.25) is 0 Å². The lowest BCUT2D eigenvalue weighted by Gasteiger charge is -2.45. The number of hydrogen-bond acceptors (Lipinski definition) is 15. The monoisotopic (exact) mass is 1220 g/mol. The van der Waals surface area contributed by atoms with Gasteiger partial charge in [-0.05, 0) is 160 Å². The van der Waals surface area contributed by atoms with Crippen LogP contribution in [-0.2, 0) is 57.7 Å². The summed E-state index contributed by atoms with van der Waals surface area (Å²) < 4.78 is 36.8. The molecule has 20 heteroatoms. The van der Waals surface area contributed by atoms with Crippen LogP contribution in [0.25, 0.3) is 22.2 Å². The van der Waals surface area contributed by atoms with Gasteiger partial charge in [0.05, 0.1) is 60.8 Å². The number of piperidine rings is 1. The highest BCUT2D eigenvalue weighted by Crippen LogP contribution is 2.52. The second-order valence-electron chi connectivity index (χ2n) is 29.6. The summed E-state index contributed by atoms with van der Waals surface area (Å²) in [4.78, 5) is 76.9. The smallest absolute Gasteiger partial charge is 0.324 e. The molecule has 3 aromatic rings. The van der Waals surface area contributed by atoms with Crippen molar-refractivity contribution in [2.24, 2.45) is 22.7 Å². The lowest BCUT2D eigenvalue weighted by molar-refractivity contribution is -0.156. The summed E-state index contributed by atoms with van der Waals surface area (Å²) in [6.45, 7) is 24.5. The van der Waals surface area contributed by atoms with E-state index in [9.17, 15) is 14.1 Å². The highest BCUT2D eigenvalue weighted by molar-refractivity contribution is 7.90. The molecule has 0 radical (unpaired) electrons. The fourth-order valence-corrected chi connectivity index (χ4v) is 18.3.